The number of ketones is 1. The smallest absolute Gasteiger partial charge is 0.226 e. The Balaban J connectivity index is 1.62. The molecule has 0 fully saturated rings. The normalized spacial score (nSPS) is 23.4. The molecule has 5 rings (SSSR count). The molecule has 0 spiro atoms. The van der Waals surface area contributed by atoms with Crippen LogP contribution in [0.15, 0.2) is 66.6 Å². The first kappa shape index (κ1) is 17.2. The number of nitrogens with zero attached hydrogens (tertiary/aromatic N) is 3. The predicted molar refractivity (Wildman–Crippen MR) is 108 cm³/mol. The molecule has 3 aromatic rings. The molecule has 2 aliphatic rings. The minimum absolute atomic E-state index is 0.0628. The van der Waals surface area contributed by atoms with Gasteiger partial charge >= 0.3 is 0 Å². The maximum Gasteiger partial charge on any atom is 0.226 e. The number of Topliss-reactive ketones (excluding diaryl/α,β-unsaturated/α-hetero) is 1. The number of aryl methyl sites for hydroxylation is 1. The van der Waals surface area contributed by atoms with E-state index in [4.69, 9.17) is 11.6 Å². The number of rotatable bonds is 2. The molecule has 0 saturated carbocycles. The topological polar surface area (TPSA) is 59.8 Å². The highest BCUT2D eigenvalue weighted by Crippen LogP contribution is 2.44. The first-order chi connectivity index (χ1) is 13.6. The number of carbonyl (C=O) groups excluding carboxylic acids is 1. The molecular weight excluding hydrogens is 372 g/mol. The lowest BCUT2D eigenvalue weighted by Gasteiger charge is -2.38. The average molecular weight is 391 g/mol. The fourth-order valence-corrected chi connectivity index (χ4v) is 4.50. The molecule has 6 heteroatoms. The second-order valence-corrected chi connectivity index (χ2v) is 7.82. The highest BCUT2D eigenvalue weighted by Gasteiger charge is 2.43. The largest absolute Gasteiger partial charge is 0.328 e. The van der Waals surface area contributed by atoms with Gasteiger partial charge in [-0.25, -0.2) is 4.68 Å². The number of anilines is 1. The summed E-state index contributed by atoms with van der Waals surface area (Å²) in [4.78, 5) is 17.7. The molecule has 2 heterocycles. The highest BCUT2D eigenvalue weighted by molar-refractivity contribution is 6.30. The van der Waals surface area contributed by atoms with Gasteiger partial charge in [0.15, 0.2) is 0 Å². The zero-order chi connectivity index (χ0) is 19.3. The number of fused-ring (bicyclic) bond motifs is 2. The van der Waals surface area contributed by atoms with Crippen LogP contribution in [0.5, 0.6) is 0 Å². The molecule has 28 heavy (non-hydrogen) atoms. The van der Waals surface area contributed by atoms with Gasteiger partial charge in [-0.2, -0.15) is 10.1 Å². The Morgan fingerprint density at radius 3 is 2.71 bits per heavy atom. The Morgan fingerprint density at radius 2 is 1.93 bits per heavy atom. The van der Waals surface area contributed by atoms with E-state index in [0.717, 1.165) is 11.3 Å². The van der Waals surface area contributed by atoms with E-state index >= 15 is 0 Å². The van der Waals surface area contributed by atoms with E-state index < -0.39 is 0 Å². The van der Waals surface area contributed by atoms with Crippen LogP contribution in [0.4, 0.5) is 5.95 Å². The van der Waals surface area contributed by atoms with Gasteiger partial charge in [-0.15, -0.1) is 0 Å². The summed E-state index contributed by atoms with van der Waals surface area (Å²) in [5.74, 6) is 0.614. The van der Waals surface area contributed by atoms with Gasteiger partial charge in [0.05, 0.1) is 12.0 Å². The van der Waals surface area contributed by atoms with Gasteiger partial charge < -0.3 is 5.32 Å². The third-order valence-corrected chi connectivity index (χ3v) is 5.94. The monoisotopic (exact) mass is 390 g/mol. The Kier molecular flexibility index (Phi) is 4.05. The van der Waals surface area contributed by atoms with Crippen molar-refractivity contribution in [2.24, 2.45) is 5.92 Å². The number of hydrogen-bond donors (Lipinski definition) is 1. The van der Waals surface area contributed by atoms with Gasteiger partial charge in [-0.05, 0) is 35.7 Å². The van der Waals surface area contributed by atoms with Crippen molar-refractivity contribution in [3.63, 3.8) is 0 Å². The van der Waals surface area contributed by atoms with Crippen molar-refractivity contribution in [2.45, 2.75) is 25.3 Å². The van der Waals surface area contributed by atoms with Crippen molar-refractivity contribution in [3.8, 4) is 0 Å². The fraction of sp³-hybridized carbons (Fsp3) is 0.227. The summed E-state index contributed by atoms with van der Waals surface area (Å²) in [5, 5.41) is 8.40. The van der Waals surface area contributed by atoms with E-state index in [0.29, 0.717) is 17.4 Å². The summed E-state index contributed by atoms with van der Waals surface area (Å²) < 4.78 is 1.80. The van der Waals surface area contributed by atoms with Gasteiger partial charge in [-0.3, -0.25) is 4.79 Å². The van der Waals surface area contributed by atoms with Crippen molar-refractivity contribution < 1.29 is 4.79 Å². The van der Waals surface area contributed by atoms with Crippen LogP contribution >= 0.6 is 11.6 Å². The van der Waals surface area contributed by atoms with Crippen LogP contribution in [0.25, 0.3) is 0 Å². The van der Waals surface area contributed by atoms with E-state index in [-0.39, 0.29) is 23.7 Å². The summed E-state index contributed by atoms with van der Waals surface area (Å²) in [6, 6.07) is 15.6. The Bertz CT molecular complexity index is 1090. The van der Waals surface area contributed by atoms with Crippen LogP contribution in [-0.4, -0.2) is 20.5 Å². The highest BCUT2D eigenvalue weighted by atomic mass is 35.5. The van der Waals surface area contributed by atoms with Crippen molar-refractivity contribution in [2.75, 3.05) is 5.32 Å². The van der Waals surface area contributed by atoms with Crippen LogP contribution in [-0.2, 0) is 4.79 Å². The van der Waals surface area contributed by atoms with Crippen LogP contribution < -0.4 is 5.32 Å². The molecule has 0 amide bonds. The first-order valence-electron chi connectivity index (χ1n) is 9.34. The molecule has 1 aliphatic carbocycles. The van der Waals surface area contributed by atoms with E-state index in [1.54, 1.807) is 4.68 Å². The average Bonchev–Trinajstić information content (AvgIpc) is 3.15. The molecule has 2 aromatic carbocycles. The molecule has 0 unspecified atom stereocenters. The molecule has 5 nitrogen and oxygen atoms in total. The summed E-state index contributed by atoms with van der Waals surface area (Å²) in [6.07, 6.45) is 4.19. The minimum atomic E-state index is -0.310. The van der Waals surface area contributed by atoms with E-state index in [9.17, 15) is 4.79 Å². The summed E-state index contributed by atoms with van der Waals surface area (Å²) in [6.45, 7) is 2.09. The number of carbonyl (C=O) groups is 1. The Hall–Kier alpha value is -2.92. The van der Waals surface area contributed by atoms with E-state index in [2.05, 4.69) is 40.5 Å². The van der Waals surface area contributed by atoms with Crippen molar-refractivity contribution in [3.05, 3.63) is 88.3 Å². The van der Waals surface area contributed by atoms with Crippen LogP contribution in [0.3, 0.4) is 0 Å². The van der Waals surface area contributed by atoms with Crippen LogP contribution in [0, 0.1) is 12.8 Å². The third kappa shape index (κ3) is 2.74. The number of allylic oxidation sites excluding steroid dienone is 2. The molecule has 1 aromatic heterocycles. The van der Waals surface area contributed by atoms with Gasteiger partial charge in [0.2, 0.25) is 5.95 Å². The van der Waals surface area contributed by atoms with E-state index in [1.165, 1.54) is 17.5 Å². The lowest BCUT2D eigenvalue weighted by molar-refractivity contribution is -0.123. The number of halogens is 1. The Labute approximate surface area is 168 Å². The molecule has 1 aliphatic heterocycles. The van der Waals surface area contributed by atoms with Gasteiger partial charge in [0, 0.05) is 23.1 Å². The number of hydrogen-bond acceptors (Lipinski definition) is 4. The minimum Gasteiger partial charge on any atom is -0.328 e. The summed E-state index contributed by atoms with van der Waals surface area (Å²) >= 11 is 6.07. The molecule has 0 saturated heterocycles. The van der Waals surface area contributed by atoms with Crippen molar-refractivity contribution in [1.82, 2.24) is 14.8 Å². The quantitative estimate of drug-likeness (QED) is 0.699. The van der Waals surface area contributed by atoms with E-state index in [1.807, 2.05) is 36.4 Å². The zero-order valence-electron chi connectivity index (χ0n) is 15.3. The SMILES string of the molecule is Cc1ccccc1[C@@H]1C=C2Nc3ncnn3[C@H](c3ccc(Cl)cc3)[C@H]2C(=O)C1. The first-order valence-corrected chi connectivity index (χ1v) is 9.71. The van der Waals surface area contributed by atoms with Crippen molar-refractivity contribution in [1.29, 1.82) is 0 Å². The standard InChI is InChI=1S/C22H19ClN4O/c1-13-4-2-3-5-17(13)15-10-18-20(19(28)11-15)21(14-6-8-16(23)9-7-14)27-22(26-18)24-12-25-27/h2-10,12,15,20-21H,11H2,1H3,(H,24,25,26)/t15-,20-,21-/m1/s1. The maximum absolute atomic E-state index is 13.3. The second kappa shape index (κ2) is 6.60. The molecule has 0 bridgehead atoms. The zero-order valence-corrected chi connectivity index (χ0v) is 16.1. The van der Waals surface area contributed by atoms with Crippen LogP contribution in [0.2, 0.25) is 5.02 Å². The number of aromatic nitrogens is 3. The van der Waals surface area contributed by atoms with Gasteiger partial charge in [-0.1, -0.05) is 54.1 Å². The maximum atomic E-state index is 13.3. The van der Waals surface area contributed by atoms with Crippen LogP contribution in [0.1, 0.15) is 35.1 Å². The Morgan fingerprint density at radius 1 is 1.14 bits per heavy atom. The summed E-state index contributed by atoms with van der Waals surface area (Å²) in [5.41, 5.74) is 4.30. The molecule has 3 atom stereocenters. The number of nitrogens with one attached hydrogen (secondary N) is 1. The lowest BCUT2D eigenvalue weighted by atomic mass is 9.75. The molecule has 140 valence electrons. The van der Waals surface area contributed by atoms with Gasteiger partial charge in [0.1, 0.15) is 12.1 Å². The fourth-order valence-electron chi connectivity index (χ4n) is 4.37. The second-order valence-electron chi connectivity index (χ2n) is 7.38. The summed E-state index contributed by atoms with van der Waals surface area (Å²) in [7, 11) is 0. The van der Waals surface area contributed by atoms with Gasteiger partial charge in [0.25, 0.3) is 0 Å². The lowest BCUT2D eigenvalue weighted by Crippen LogP contribution is -2.40. The number of benzene rings is 2. The molecule has 1 N–H and O–H groups in total. The van der Waals surface area contributed by atoms with Crippen molar-refractivity contribution >= 4 is 23.3 Å². The predicted octanol–water partition coefficient (Wildman–Crippen LogP) is 4.51. The molecule has 0 radical (unpaired) electrons. The third-order valence-electron chi connectivity index (χ3n) is 5.69. The molecular formula is C22H19ClN4O.